The molecule has 2 aliphatic rings. The highest BCUT2D eigenvalue weighted by Gasteiger charge is 2.28. The molecule has 0 bridgehead atoms. The molecule has 0 aliphatic carbocycles. The molecule has 0 N–H and O–H groups in total. The summed E-state index contributed by atoms with van der Waals surface area (Å²) in [6, 6.07) is 11.7. The largest absolute Gasteiger partial charge is 0.490 e. The SMILES string of the molecule is Cc1cc(C[C@H]2CCN(C(C)c3ccc4c(c3)OCCN4C)C2)cc(C)n1. The van der Waals surface area contributed by atoms with E-state index in [2.05, 4.69) is 72.9 Å². The lowest BCUT2D eigenvalue weighted by Crippen LogP contribution is -2.29. The maximum atomic E-state index is 5.90. The van der Waals surface area contributed by atoms with Crippen molar-refractivity contribution in [2.45, 2.75) is 39.7 Å². The van der Waals surface area contributed by atoms with Crippen LogP contribution in [-0.4, -0.2) is 43.2 Å². The summed E-state index contributed by atoms with van der Waals surface area (Å²) in [5.41, 5.74) is 6.27. The minimum Gasteiger partial charge on any atom is -0.490 e. The average Bonchev–Trinajstić information content (AvgIpc) is 3.08. The predicted octanol–water partition coefficient (Wildman–Crippen LogP) is 4.15. The molecular formula is C23H31N3O. The lowest BCUT2D eigenvalue weighted by atomic mass is 9.98. The van der Waals surface area contributed by atoms with E-state index < -0.39 is 0 Å². The van der Waals surface area contributed by atoms with Gasteiger partial charge in [0.05, 0.1) is 12.2 Å². The number of anilines is 1. The number of nitrogens with zero attached hydrogens (tertiary/aromatic N) is 3. The number of hydrogen-bond donors (Lipinski definition) is 0. The first-order valence-corrected chi connectivity index (χ1v) is 10.2. The standard InChI is InChI=1S/C23H31N3O/c1-16-11-20(12-17(2)24-16)13-19-7-8-26(15-19)18(3)21-5-6-22-23(14-21)27-10-9-25(22)4/h5-6,11-12,14,18-19H,7-10,13,15H2,1-4H3/t18?,19-/m1/s1. The van der Waals surface area contributed by atoms with E-state index in [0.717, 1.165) is 42.6 Å². The number of fused-ring (bicyclic) bond motifs is 1. The zero-order chi connectivity index (χ0) is 19.0. The summed E-state index contributed by atoms with van der Waals surface area (Å²) in [6.45, 7) is 10.6. The maximum absolute atomic E-state index is 5.90. The number of aromatic nitrogens is 1. The fraction of sp³-hybridized carbons (Fsp3) is 0.522. The molecule has 2 aliphatic heterocycles. The first-order valence-electron chi connectivity index (χ1n) is 10.2. The number of likely N-dealkylation sites (tertiary alicyclic amines) is 1. The van der Waals surface area contributed by atoms with Gasteiger partial charge in [-0.1, -0.05) is 6.07 Å². The Balaban J connectivity index is 1.42. The summed E-state index contributed by atoms with van der Waals surface area (Å²) in [6.07, 6.45) is 2.43. The molecule has 144 valence electrons. The van der Waals surface area contributed by atoms with Crippen molar-refractivity contribution in [1.29, 1.82) is 0 Å². The van der Waals surface area contributed by atoms with Crippen LogP contribution < -0.4 is 9.64 Å². The highest BCUT2D eigenvalue weighted by molar-refractivity contribution is 5.60. The Morgan fingerprint density at radius 3 is 2.70 bits per heavy atom. The summed E-state index contributed by atoms with van der Waals surface area (Å²) < 4.78 is 5.90. The number of rotatable bonds is 4. The monoisotopic (exact) mass is 365 g/mol. The fourth-order valence-corrected chi connectivity index (χ4v) is 4.60. The Morgan fingerprint density at radius 2 is 1.93 bits per heavy atom. The van der Waals surface area contributed by atoms with Crippen molar-refractivity contribution in [3.05, 3.63) is 52.8 Å². The molecule has 2 aromatic rings. The third kappa shape index (κ3) is 3.96. The van der Waals surface area contributed by atoms with Gasteiger partial charge in [-0.2, -0.15) is 0 Å². The van der Waals surface area contributed by atoms with Crippen LogP contribution in [0.2, 0.25) is 0 Å². The van der Waals surface area contributed by atoms with Gasteiger partial charge >= 0.3 is 0 Å². The second-order valence-electron chi connectivity index (χ2n) is 8.29. The Morgan fingerprint density at radius 1 is 1.15 bits per heavy atom. The molecule has 4 heteroatoms. The summed E-state index contributed by atoms with van der Waals surface area (Å²) in [7, 11) is 2.14. The lowest BCUT2D eigenvalue weighted by molar-refractivity contribution is 0.251. The average molecular weight is 366 g/mol. The third-order valence-corrected chi connectivity index (χ3v) is 6.09. The molecule has 0 amide bonds. The van der Waals surface area contributed by atoms with E-state index in [1.54, 1.807) is 0 Å². The summed E-state index contributed by atoms with van der Waals surface area (Å²) in [4.78, 5) is 9.41. The van der Waals surface area contributed by atoms with Crippen molar-refractivity contribution >= 4 is 5.69 Å². The Hall–Kier alpha value is -2.07. The van der Waals surface area contributed by atoms with E-state index in [0.29, 0.717) is 6.04 Å². The zero-order valence-electron chi connectivity index (χ0n) is 17.0. The highest BCUT2D eigenvalue weighted by Crippen LogP contribution is 2.36. The van der Waals surface area contributed by atoms with Gasteiger partial charge in [-0.15, -0.1) is 0 Å². The molecule has 1 unspecified atom stereocenters. The Bertz CT molecular complexity index is 799. The van der Waals surface area contributed by atoms with Gasteiger partial charge in [-0.3, -0.25) is 9.88 Å². The molecule has 3 heterocycles. The maximum Gasteiger partial charge on any atom is 0.143 e. The van der Waals surface area contributed by atoms with Crippen molar-refractivity contribution in [2.75, 3.05) is 38.2 Å². The van der Waals surface area contributed by atoms with Crippen LogP contribution >= 0.6 is 0 Å². The van der Waals surface area contributed by atoms with Gasteiger partial charge in [0, 0.05) is 31.0 Å². The minimum atomic E-state index is 0.428. The van der Waals surface area contributed by atoms with E-state index in [4.69, 9.17) is 4.74 Å². The number of ether oxygens (including phenoxy) is 1. The van der Waals surface area contributed by atoms with E-state index in [1.165, 1.54) is 36.3 Å². The molecule has 0 saturated carbocycles. The molecule has 1 saturated heterocycles. The molecule has 4 nitrogen and oxygen atoms in total. The molecule has 4 rings (SSSR count). The lowest BCUT2D eigenvalue weighted by Gasteiger charge is -2.30. The van der Waals surface area contributed by atoms with Crippen LogP contribution in [0.4, 0.5) is 5.69 Å². The summed E-state index contributed by atoms with van der Waals surface area (Å²) in [5, 5.41) is 0. The highest BCUT2D eigenvalue weighted by atomic mass is 16.5. The van der Waals surface area contributed by atoms with Crippen molar-refractivity contribution in [1.82, 2.24) is 9.88 Å². The molecular weight excluding hydrogens is 334 g/mol. The fourth-order valence-electron chi connectivity index (χ4n) is 4.60. The van der Waals surface area contributed by atoms with Crippen molar-refractivity contribution < 1.29 is 4.74 Å². The minimum absolute atomic E-state index is 0.428. The van der Waals surface area contributed by atoms with E-state index in [1.807, 2.05) is 0 Å². The van der Waals surface area contributed by atoms with Crippen LogP contribution in [-0.2, 0) is 6.42 Å². The summed E-state index contributed by atoms with van der Waals surface area (Å²) >= 11 is 0. The second-order valence-corrected chi connectivity index (χ2v) is 8.29. The van der Waals surface area contributed by atoms with E-state index in [-0.39, 0.29) is 0 Å². The quantitative estimate of drug-likeness (QED) is 0.814. The van der Waals surface area contributed by atoms with Crippen LogP contribution in [0.5, 0.6) is 5.75 Å². The molecule has 0 spiro atoms. The van der Waals surface area contributed by atoms with Gasteiger partial charge in [-0.25, -0.2) is 0 Å². The Kier molecular flexibility index (Phi) is 5.09. The smallest absolute Gasteiger partial charge is 0.143 e. The first kappa shape index (κ1) is 18.3. The predicted molar refractivity (Wildman–Crippen MR) is 111 cm³/mol. The number of benzene rings is 1. The van der Waals surface area contributed by atoms with Gasteiger partial charge in [-0.05, 0) is 81.5 Å². The number of aryl methyl sites for hydroxylation is 2. The molecule has 1 fully saturated rings. The van der Waals surface area contributed by atoms with Gasteiger partial charge < -0.3 is 9.64 Å². The Labute approximate surface area is 163 Å². The van der Waals surface area contributed by atoms with Crippen LogP contribution in [0, 0.1) is 19.8 Å². The van der Waals surface area contributed by atoms with E-state index in [9.17, 15) is 0 Å². The molecule has 1 aromatic heterocycles. The van der Waals surface area contributed by atoms with Crippen molar-refractivity contribution in [2.24, 2.45) is 5.92 Å². The van der Waals surface area contributed by atoms with Gasteiger partial charge in [0.25, 0.3) is 0 Å². The van der Waals surface area contributed by atoms with Gasteiger partial charge in [0.1, 0.15) is 12.4 Å². The number of pyridine rings is 1. The van der Waals surface area contributed by atoms with Gasteiger partial charge in [0.15, 0.2) is 0 Å². The molecule has 27 heavy (non-hydrogen) atoms. The molecule has 0 radical (unpaired) electrons. The van der Waals surface area contributed by atoms with E-state index >= 15 is 0 Å². The van der Waals surface area contributed by atoms with Crippen LogP contribution in [0.1, 0.15) is 41.9 Å². The van der Waals surface area contributed by atoms with Crippen molar-refractivity contribution in [3.8, 4) is 5.75 Å². The number of likely N-dealkylation sites (N-methyl/N-ethyl adjacent to an activating group) is 1. The third-order valence-electron chi connectivity index (χ3n) is 6.09. The van der Waals surface area contributed by atoms with Gasteiger partial charge in [0.2, 0.25) is 0 Å². The first-order chi connectivity index (χ1) is 13.0. The summed E-state index contributed by atoms with van der Waals surface area (Å²) in [5.74, 6) is 1.76. The number of hydrogen-bond acceptors (Lipinski definition) is 4. The van der Waals surface area contributed by atoms with Crippen molar-refractivity contribution in [3.63, 3.8) is 0 Å². The zero-order valence-corrected chi connectivity index (χ0v) is 17.0. The molecule has 2 atom stereocenters. The van der Waals surface area contributed by atoms with Crippen LogP contribution in [0.3, 0.4) is 0 Å². The normalized spacial score (nSPS) is 21.0. The molecule has 1 aromatic carbocycles. The van der Waals surface area contributed by atoms with Crippen LogP contribution in [0.15, 0.2) is 30.3 Å². The van der Waals surface area contributed by atoms with Crippen LogP contribution in [0.25, 0.3) is 0 Å². The second kappa shape index (κ2) is 7.51. The topological polar surface area (TPSA) is 28.6 Å².